The van der Waals surface area contributed by atoms with Crippen LogP contribution in [-0.4, -0.2) is 21.3 Å². The van der Waals surface area contributed by atoms with Crippen LogP contribution < -0.4 is 0 Å². The van der Waals surface area contributed by atoms with Crippen LogP contribution in [0.4, 0.5) is 0 Å². The highest BCUT2D eigenvalue weighted by Gasteiger charge is 2.17. The number of carboxylic acids is 1. The summed E-state index contributed by atoms with van der Waals surface area (Å²) in [6.45, 7) is 1.88. The highest BCUT2D eigenvalue weighted by atomic mass is 32.2. The van der Waals surface area contributed by atoms with Gasteiger partial charge in [0.15, 0.2) is 0 Å². The number of rotatable bonds is 4. The van der Waals surface area contributed by atoms with Gasteiger partial charge in [-0.2, -0.15) is 0 Å². The van der Waals surface area contributed by atoms with E-state index in [1.807, 2.05) is 37.3 Å². The predicted octanol–water partition coefficient (Wildman–Crippen LogP) is 3.19. The summed E-state index contributed by atoms with van der Waals surface area (Å²) >= 11 is 1.39. The van der Waals surface area contributed by atoms with Crippen molar-refractivity contribution in [3.63, 3.8) is 0 Å². The van der Waals surface area contributed by atoms with Gasteiger partial charge in [-0.05, 0) is 18.6 Å². The smallest absolute Gasteiger partial charge is 0.316 e. The third kappa shape index (κ3) is 2.58. The zero-order valence-corrected chi connectivity index (χ0v) is 10.3. The molecule has 0 saturated heterocycles. The minimum absolute atomic E-state index is 0.402. The second kappa shape index (κ2) is 5.19. The SMILES string of the molecule is CCC(Sc1ccnc2ccccc12)C(=O)O. The first-order valence-corrected chi connectivity index (χ1v) is 6.33. The van der Waals surface area contributed by atoms with Crippen molar-refractivity contribution in [2.24, 2.45) is 0 Å². The molecule has 17 heavy (non-hydrogen) atoms. The average molecular weight is 247 g/mol. The molecule has 88 valence electrons. The largest absolute Gasteiger partial charge is 0.480 e. The fourth-order valence-corrected chi connectivity index (χ4v) is 2.65. The lowest BCUT2D eigenvalue weighted by molar-refractivity contribution is -0.136. The molecule has 0 spiro atoms. The highest BCUT2D eigenvalue weighted by molar-refractivity contribution is 8.00. The second-order valence-corrected chi connectivity index (χ2v) is 4.92. The molecule has 0 fully saturated rings. The molecule has 4 heteroatoms. The van der Waals surface area contributed by atoms with Crippen LogP contribution in [0.15, 0.2) is 41.4 Å². The van der Waals surface area contributed by atoms with Gasteiger partial charge in [0, 0.05) is 16.5 Å². The molecule has 1 N–H and O–H groups in total. The molecule has 0 aliphatic rings. The summed E-state index contributed by atoms with van der Waals surface area (Å²) in [5.74, 6) is -0.765. The summed E-state index contributed by atoms with van der Waals surface area (Å²) in [5.41, 5.74) is 0.901. The quantitative estimate of drug-likeness (QED) is 0.843. The van der Waals surface area contributed by atoms with Gasteiger partial charge in [-0.15, -0.1) is 11.8 Å². The number of para-hydroxylation sites is 1. The fraction of sp³-hybridized carbons (Fsp3) is 0.231. The molecule has 2 rings (SSSR count). The van der Waals surface area contributed by atoms with Crippen molar-refractivity contribution in [2.75, 3.05) is 0 Å². The van der Waals surface area contributed by atoms with Gasteiger partial charge in [-0.3, -0.25) is 9.78 Å². The molecule has 1 atom stereocenters. The molecule has 2 aromatic rings. The van der Waals surface area contributed by atoms with Crippen molar-refractivity contribution in [1.29, 1.82) is 0 Å². The Morgan fingerprint density at radius 2 is 2.18 bits per heavy atom. The average Bonchev–Trinajstić information content (AvgIpc) is 2.35. The number of carboxylic acid groups (broad SMARTS) is 1. The van der Waals surface area contributed by atoms with Gasteiger partial charge in [0.2, 0.25) is 0 Å². The van der Waals surface area contributed by atoms with E-state index >= 15 is 0 Å². The maximum atomic E-state index is 11.0. The monoisotopic (exact) mass is 247 g/mol. The second-order valence-electron chi connectivity index (χ2n) is 3.68. The van der Waals surface area contributed by atoms with Gasteiger partial charge in [0.1, 0.15) is 5.25 Å². The number of aromatic nitrogens is 1. The number of hydrogen-bond donors (Lipinski definition) is 1. The van der Waals surface area contributed by atoms with Crippen LogP contribution in [0.25, 0.3) is 10.9 Å². The maximum Gasteiger partial charge on any atom is 0.316 e. The van der Waals surface area contributed by atoms with Gasteiger partial charge in [-0.1, -0.05) is 25.1 Å². The van der Waals surface area contributed by atoms with Crippen LogP contribution in [0, 0.1) is 0 Å². The summed E-state index contributed by atoms with van der Waals surface area (Å²) in [7, 11) is 0. The Kier molecular flexibility index (Phi) is 3.64. The molecular formula is C13H13NO2S. The number of nitrogens with zero attached hydrogens (tertiary/aromatic N) is 1. The molecule has 1 aromatic carbocycles. The van der Waals surface area contributed by atoms with Crippen LogP contribution in [0.2, 0.25) is 0 Å². The summed E-state index contributed by atoms with van der Waals surface area (Å²) in [6, 6.07) is 9.65. The van der Waals surface area contributed by atoms with Gasteiger partial charge < -0.3 is 5.11 Å². The number of pyridine rings is 1. The van der Waals surface area contributed by atoms with Gasteiger partial charge in [-0.25, -0.2) is 0 Å². The predicted molar refractivity (Wildman–Crippen MR) is 69.3 cm³/mol. The number of hydrogen-bond acceptors (Lipinski definition) is 3. The van der Waals surface area contributed by atoms with Crippen LogP contribution in [0.1, 0.15) is 13.3 Å². The number of carbonyl (C=O) groups is 1. The van der Waals surface area contributed by atoms with Gasteiger partial charge in [0.25, 0.3) is 0 Å². The van der Waals surface area contributed by atoms with Crippen LogP contribution in [-0.2, 0) is 4.79 Å². The molecule has 0 radical (unpaired) electrons. The van der Waals surface area contributed by atoms with E-state index < -0.39 is 11.2 Å². The molecule has 1 unspecified atom stereocenters. The van der Waals surface area contributed by atoms with Gasteiger partial charge >= 0.3 is 5.97 Å². The van der Waals surface area contributed by atoms with Crippen molar-refractivity contribution in [3.05, 3.63) is 36.5 Å². The third-order valence-electron chi connectivity index (χ3n) is 2.52. The van der Waals surface area contributed by atoms with E-state index in [2.05, 4.69) is 4.98 Å². The zero-order valence-electron chi connectivity index (χ0n) is 9.46. The lowest BCUT2D eigenvalue weighted by Gasteiger charge is -2.10. The molecule has 0 bridgehead atoms. The number of aliphatic carboxylic acids is 1. The summed E-state index contributed by atoms with van der Waals surface area (Å²) < 4.78 is 0. The molecule has 3 nitrogen and oxygen atoms in total. The van der Waals surface area contributed by atoms with Crippen LogP contribution in [0.5, 0.6) is 0 Å². The van der Waals surface area contributed by atoms with Crippen LogP contribution in [0.3, 0.4) is 0 Å². The topological polar surface area (TPSA) is 50.2 Å². The first-order chi connectivity index (χ1) is 8.22. The first-order valence-electron chi connectivity index (χ1n) is 5.45. The summed E-state index contributed by atoms with van der Waals surface area (Å²) in [5, 5.41) is 9.68. The summed E-state index contributed by atoms with van der Waals surface area (Å²) in [4.78, 5) is 16.3. The van der Waals surface area contributed by atoms with Crippen molar-refractivity contribution < 1.29 is 9.90 Å². The molecule has 0 amide bonds. The summed E-state index contributed by atoms with van der Waals surface area (Å²) in [6.07, 6.45) is 2.33. The lowest BCUT2D eigenvalue weighted by atomic mass is 10.2. The molecule has 0 aliphatic carbocycles. The Labute approximate surface area is 104 Å². The first kappa shape index (κ1) is 11.9. The Morgan fingerprint density at radius 1 is 1.41 bits per heavy atom. The normalized spacial score (nSPS) is 12.5. The van der Waals surface area contributed by atoms with E-state index in [-0.39, 0.29) is 0 Å². The Balaban J connectivity index is 2.38. The van der Waals surface area contributed by atoms with Gasteiger partial charge in [0.05, 0.1) is 5.52 Å². The van der Waals surface area contributed by atoms with Crippen molar-refractivity contribution in [2.45, 2.75) is 23.5 Å². The Morgan fingerprint density at radius 3 is 2.88 bits per heavy atom. The number of benzene rings is 1. The molecule has 1 aromatic heterocycles. The standard InChI is InChI=1S/C13H13NO2S/c1-2-11(13(15)16)17-12-7-8-14-10-6-4-3-5-9(10)12/h3-8,11H,2H2,1H3,(H,15,16). The van der Waals surface area contributed by atoms with E-state index in [4.69, 9.17) is 5.11 Å². The maximum absolute atomic E-state index is 11.0. The minimum Gasteiger partial charge on any atom is -0.480 e. The Hall–Kier alpha value is -1.55. The molecule has 1 heterocycles. The third-order valence-corrected chi connectivity index (χ3v) is 3.95. The number of thioether (sulfide) groups is 1. The number of fused-ring (bicyclic) bond motifs is 1. The van der Waals surface area contributed by atoms with Crippen LogP contribution >= 0.6 is 11.8 Å². The molecule has 0 aliphatic heterocycles. The minimum atomic E-state index is -0.765. The zero-order chi connectivity index (χ0) is 12.3. The molecule has 0 saturated carbocycles. The van der Waals surface area contributed by atoms with E-state index in [0.29, 0.717) is 6.42 Å². The van der Waals surface area contributed by atoms with Crippen molar-refractivity contribution >= 4 is 28.6 Å². The lowest BCUT2D eigenvalue weighted by Crippen LogP contribution is -2.14. The van der Waals surface area contributed by atoms with E-state index in [1.54, 1.807) is 6.20 Å². The Bertz CT molecular complexity index is 536. The van der Waals surface area contributed by atoms with E-state index in [0.717, 1.165) is 15.8 Å². The van der Waals surface area contributed by atoms with Crippen molar-refractivity contribution in [1.82, 2.24) is 4.98 Å². The molecular weight excluding hydrogens is 234 g/mol. The highest BCUT2D eigenvalue weighted by Crippen LogP contribution is 2.31. The van der Waals surface area contributed by atoms with E-state index in [9.17, 15) is 4.79 Å². The fourth-order valence-electron chi connectivity index (χ4n) is 1.63. The van der Waals surface area contributed by atoms with E-state index in [1.165, 1.54) is 11.8 Å². The van der Waals surface area contributed by atoms with Crippen molar-refractivity contribution in [3.8, 4) is 0 Å².